The number of thioether (sulfide) groups is 1. The zero-order valence-electron chi connectivity index (χ0n) is 13.8. The Kier molecular flexibility index (Phi) is 5.85. The van der Waals surface area contributed by atoms with Gasteiger partial charge < -0.3 is 9.88 Å². The van der Waals surface area contributed by atoms with Crippen molar-refractivity contribution in [2.24, 2.45) is 7.05 Å². The zero-order chi connectivity index (χ0) is 16.9. The Balaban J connectivity index is 1.57. The Hall–Kier alpha value is -1.46. The van der Waals surface area contributed by atoms with Crippen LogP contribution in [0.4, 0.5) is 0 Å². The molecule has 1 amide bonds. The highest BCUT2D eigenvalue weighted by molar-refractivity contribution is 7.99. The molecular weight excluding hydrogens is 342 g/mol. The lowest BCUT2D eigenvalue weighted by molar-refractivity contribution is -0.119. The van der Waals surface area contributed by atoms with Crippen molar-refractivity contribution in [3.8, 4) is 11.3 Å². The Bertz CT molecular complexity index is 693. The summed E-state index contributed by atoms with van der Waals surface area (Å²) in [7, 11) is 1.97. The molecule has 1 aliphatic rings. The molecule has 4 nitrogen and oxygen atoms in total. The molecular formula is C18H22ClN3OS. The smallest absolute Gasteiger partial charge is 0.230 e. The van der Waals surface area contributed by atoms with E-state index in [-0.39, 0.29) is 5.91 Å². The van der Waals surface area contributed by atoms with Gasteiger partial charge in [0.15, 0.2) is 5.16 Å². The lowest BCUT2D eigenvalue weighted by Gasteiger charge is -2.22. The van der Waals surface area contributed by atoms with Gasteiger partial charge >= 0.3 is 0 Å². The highest BCUT2D eigenvalue weighted by Gasteiger charge is 2.16. The first-order valence-electron chi connectivity index (χ1n) is 8.33. The van der Waals surface area contributed by atoms with E-state index in [4.69, 9.17) is 11.6 Å². The second kappa shape index (κ2) is 8.08. The summed E-state index contributed by atoms with van der Waals surface area (Å²) in [5, 5.41) is 4.71. The van der Waals surface area contributed by atoms with Crippen molar-refractivity contribution in [1.29, 1.82) is 0 Å². The molecule has 24 heavy (non-hydrogen) atoms. The highest BCUT2D eigenvalue weighted by atomic mass is 35.5. The van der Waals surface area contributed by atoms with Crippen molar-refractivity contribution in [3.63, 3.8) is 0 Å². The number of aromatic nitrogens is 2. The van der Waals surface area contributed by atoms with E-state index >= 15 is 0 Å². The van der Waals surface area contributed by atoms with E-state index < -0.39 is 0 Å². The summed E-state index contributed by atoms with van der Waals surface area (Å²) in [4.78, 5) is 16.6. The van der Waals surface area contributed by atoms with Crippen LogP contribution in [0.1, 0.15) is 32.1 Å². The van der Waals surface area contributed by atoms with Gasteiger partial charge in [0, 0.05) is 18.1 Å². The molecule has 0 radical (unpaired) electrons. The molecule has 0 spiro atoms. The molecule has 0 atom stereocenters. The summed E-state index contributed by atoms with van der Waals surface area (Å²) in [6.07, 6.45) is 7.80. The van der Waals surface area contributed by atoms with Crippen LogP contribution in [0.2, 0.25) is 5.02 Å². The minimum atomic E-state index is 0.0999. The molecule has 128 valence electrons. The molecule has 1 heterocycles. The molecule has 6 heteroatoms. The first-order valence-corrected chi connectivity index (χ1v) is 9.69. The molecule has 0 unspecified atom stereocenters. The van der Waals surface area contributed by atoms with Crippen molar-refractivity contribution in [1.82, 2.24) is 14.9 Å². The quantitative estimate of drug-likeness (QED) is 0.806. The topological polar surface area (TPSA) is 46.9 Å². The zero-order valence-corrected chi connectivity index (χ0v) is 15.4. The van der Waals surface area contributed by atoms with E-state index in [9.17, 15) is 4.79 Å². The van der Waals surface area contributed by atoms with Gasteiger partial charge in [-0.3, -0.25) is 4.79 Å². The predicted octanol–water partition coefficient (Wildman–Crippen LogP) is 4.28. The number of benzene rings is 1. The van der Waals surface area contributed by atoms with E-state index in [0.717, 1.165) is 34.3 Å². The van der Waals surface area contributed by atoms with Crippen molar-refractivity contribution in [2.75, 3.05) is 5.75 Å². The minimum Gasteiger partial charge on any atom is -0.353 e. The van der Waals surface area contributed by atoms with Gasteiger partial charge in [-0.15, -0.1) is 0 Å². The van der Waals surface area contributed by atoms with Crippen LogP contribution < -0.4 is 5.32 Å². The molecule has 1 aromatic carbocycles. The van der Waals surface area contributed by atoms with Gasteiger partial charge in [-0.25, -0.2) is 4.98 Å². The Morgan fingerprint density at radius 3 is 2.71 bits per heavy atom. The van der Waals surface area contributed by atoms with Crippen molar-refractivity contribution in [3.05, 3.63) is 35.5 Å². The fourth-order valence-electron chi connectivity index (χ4n) is 3.06. The Morgan fingerprint density at radius 1 is 1.29 bits per heavy atom. The molecule has 1 fully saturated rings. The van der Waals surface area contributed by atoms with Crippen molar-refractivity contribution in [2.45, 2.75) is 43.3 Å². The Morgan fingerprint density at radius 2 is 2.00 bits per heavy atom. The fraction of sp³-hybridized carbons (Fsp3) is 0.444. The summed E-state index contributed by atoms with van der Waals surface area (Å²) >= 11 is 7.41. The van der Waals surface area contributed by atoms with E-state index in [1.54, 1.807) is 0 Å². The van der Waals surface area contributed by atoms with Gasteiger partial charge in [0.1, 0.15) is 0 Å². The molecule has 0 aliphatic heterocycles. The van der Waals surface area contributed by atoms with Gasteiger partial charge in [0.25, 0.3) is 0 Å². The first-order chi connectivity index (χ1) is 11.6. The number of hydrogen-bond donors (Lipinski definition) is 1. The maximum absolute atomic E-state index is 12.1. The number of halogens is 1. The van der Waals surface area contributed by atoms with E-state index in [1.807, 2.05) is 42.1 Å². The monoisotopic (exact) mass is 363 g/mol. The largest absolute Gasteiger partial charge is 0.353 e. The van der Waals surface area contributed by atoms with Gasteiger partial charge in [0.2, 0.25) is 5.91 Å². The maximum atomic E-state index is 12.1. The molecule has 0 bridgehead atoms. The molecule has 2 aromatic rings. The average Bonchev–Trinajstić information content (AvgIpc) is 2.95. The van der Waals surface area contributed by atoms with Gasteiger partial charge in [-0.05, 0) is 30.5 Å². The maximum Gasteiger partial charge on any atom is 0.230 e. The van der Waals surface area contributed by atoms with Gasteiger partial charge in [0.05, 0.1) is 17.6 Å². The number of rotatable bonds is 5. The summed E-state index contributed by atoms with van der Waals surface area (Å²) in [6.45, 7) is 0. The van der Waals surface area contributed by atoms with Crippen LogP contribution in [0.15, 0.2) is 35.6 Å². The number of carbonyl (C=O) groups excluding carboxylic acids is 1. The second-order valence-electron chi connectivity index (χ2n) is 6.18. The number of nitrogens with zero attached hydrogens (tertiary/aromatic N) is 2. The Labute approximate surface area is 152 Å². The number of amides is 1. The van der Waals surface area contributed by atoms with Crippen LogP contribution in [0, 0.1) is 0 Å². The fourth-order valence-corrected chi connectivity index (χ4v) is 3.95. The van der Waals surface area contributed by atoms with Crippen LogP contribution in [-0.2, 0) is 11.8 Å². The molecule has 1 aliphatic carbocycles. The SMILES string of the molecule is Cn1c(-c2ccc(Cl)cc2)cnc1SCC(=O)NC1CCCCC1. The van der Waals surface area contributed by atoms with Crippen LogP contribution in [0.5, 0.6) is 0 Å². The molecule has 3 rings (SSSR count). The molecule has 0 saturated heterocycles. The number of imidazole rings is 1. The first kappa shape index (κ1) is 17.4. The van der Waals surface area contributed by atoms with Crippen LogP contribution >= 0.6 is 23.4 Å². The third-order valence-corrected chi connectivity index (χ3v) is 5.68. The predicted molar refractivity (Wildman–Crippen MR) is 99.4 cm³/mol. The molecule has 1 saturated carbocycles. The number of hydrogen-bond acceptors (Lipinski definition) is 3. The molecule has 1 N–H and O–H groups in total. The van der Waals surface area contributed by atoms with Gasteiger partial charge in [-0.2, -0.15) is 0 Å². The van der Waals surface area contributed by atoms with Crippen LogP contribution in [-0.4, -0.2) is 27.3 Å². The van der Waals surface area contributed by atoms with E-state index in [2.05, 4.69) is 10.3 Å². The number of nitrogens with one attached hydrogen (secondary N) is 1. The summed E-state index contributed by atoms with van der Waals surface area (Å²) < 4.78 is 2.02. The van der Waals surface area contributed by atoms with E-state index in [1.165, 1.54) is 31.0 Å². The number of carbonyl (C=O) groups is 1. The van der Waals surface area contributed by atoms with Crippen LogP contribution in [0.3, 0.4) is 0 Å². The van der Waals surface area contributed by atoms with E-state index in [0.29, 0.717) is 11.8 Å². The second-order valence-corrected chi connectivity index (χ2v) is 7.56. The normalized spacial score (nSPS) is 15.4. The van der Waals surface area contributed by atoms with Crippen molar-refractivity contribution < 1.29 is 4.79 Å². The average molecular weight is 364 g/mol. The highest BCUT2D eigenvalue weighted by Crippen LogP contribution is 2.26. The minimum absolute atomic E-state index is 0.0999. The standard InChI is InChI=1S/C18H22ClN3OS/c1-22-16(13-7-9-14(19)10-8-13)11-20-18(22)24-12-17(23)21-15-5-3-2-4-6-15/h7-11,15H,2-6,12H2,1H3,(H,21,23). The lowest BCUT2D eigenvalue weighted by Crippen LogP contribution is -2.37. The van der Waals surface area contributed by atoms with Crippen molar-refractivity contribution >= 4 is 29.3 Å². The summed E-state index contributed by atoms with van der Waals surface area (Å²) in [5.74, 6) is 0.504. The summed E-state index contributed by atoms with van der Waals surface area (Å²) in [6, 6.07) is 8.05. The summed E-state index contributed by atoms with van der Waals surface area (Å²) in [5.41, 5.74) is 2.08. The van der Waals surface area contributed by atoms with Crippen LogP contribution in [0.25, 0.3) is 11.3 Å². The third kappa shape index (κ3) is 4.33. The third-order valence-electron chi connectivity index (χ3n) is 4.39. The molecule has 1 aromatic heterocycles. The van der Waals surface area contributed by atoms with Gasteiger partial charge in [-0.1, -0.05) is 54.8 Å². The lowest BCUT2D eigenvalue weighted by atomic mass is 9.95.